The quantitative estimate of drug-likeness (QED) is 0.510. The van der Waals surface area contributed by atoms with Crippen molar-refractivity contribution in [1.82, 2.24) is 0 Å². The molecule has 0 saturated carbocycles. The summed E-state index contributed by atoms with van der Waals surface area (Å²) in [5.74, 6) is 0. The third kappa shape index (κ3) is 3.28. The van der Waals surface area contributed by atoms with Crippen LogP contribution < -0.4 is 0 Å². The number of alkyl halides is 1. The van der Waals surface area contributed by atoms with Gasteiger partial charge in [0.1, 0.15) is 0 Å². The average molecular weight is 379 g/mol. The standard InChI is InChI=1S/C15H12BrCl3/c1-8-5-12(13(17)6-9(8)2)15(19)11-4-3-10(16)7-14(11)18/h3-7,15H,1-2H3. The van der Waals surface area contributed by atoms with Crippen molar-refractivity contribution < 1.29 is 0 Å². The Balaban J connectivity index is 2.49. The Labute approximate surface area is 136 Å². The fourth-order valence-corrected chi connectivity index (χ4v) is 3.46. The van der Waals surface area contributed by atoms with E-state index in [0.717, 1.165) is 21.2 Å². The van der Waals surface area contributed by atoms with E-state index in [1.54, 1.807) is 0 Å². The lowest BCUT2D eigenvalue weighted by molar-refractivity contribution is 1.12. The largest absolute Gasteiger partial charge is 0.112 e. The van der Waals surface area contributed by atoms with Crippen molar-refractivity contribution in [2.75, 3.05) is 0 Å². The molecule has 1 unspecified atom stereocenters. The maximum Gasteiger partial charge on any atom is 0.0864 e. The zero-order valence-electron chi connectivity index (χ0n) is 10.5. The molecule has 2 rings (SSSR count). The first-order chi connectivity index (χ1) is 8.90. The molecule has 4 heteroatoms. The van der Waals surface area contributed by atoms with Gasteiger partial charge in [-0.1, -0.05) is 51.3 Å². The van der Waals surface area contributed by atoms with Crippen molar-refractivity contribution in [2.24, 2.45) is 0 Å². The normalized spacial score (nSPS) is 12.5. The summed E-state index contributed by atoms with van der Waals surface area (Å²) in [5, 5.41) is 0.943. The van der Waals surface area contributed by atoms with E-state index in [1.165, 1.54) is 5.56 Å². The summed E-state index contributed by atoms with van der Waals surface area (Å²) < 4.78 is 0.927. The first-order valence-corrected chi connectivity index (χ1v) is 7.74. The van der Waals surface area contributed by atoms with E-state index in [2.05, 4.69) is 15.9 Å². The van der Waals surface area contributed by atoms with Gasteiger partial charge in [-0.05, 0) is 54.3 Å². The molecule has 0 radical (unpaired) electrons. The molecule has 2 aromatic rings. The van der Waals surface area contributed by atoms with Crippen LogP contribution in [0.2, 0.25) is 10.0 Å². The lowest BCUT2D eigenvalue weighted by Crippen LogP contribution is -1.97. The zero-order chi connectivity index (χ0) is 14.2. The van der Waals surface area contributed by atoms with E-state index in [4.69, 9.17) is 34.8 Å². The van der Waals surface area contributed by atoms with Crippen molar-refractivity contribution in [3.8, 4) is 0 Å². The molecule has 0 nitrogen and oxygen atoms in total. The summed E-state index contributed by atoms with van der Waals surface area (Å²) in [6.07, 6.45) is 0. The van der Waals surface area contributed by atoms with Gasteiger partial charge in [0, 0.05) is 14.5 Å². The molecule has 0 aliphatic heterocycles. The first-order valence-electron chi connectivity index (χ1n) is 5.76. The second-order valence-electron chi connectivity index (χ2n) is 4.49. The molecule has 0 saturated heterocycles. The lowest BCUT2D eigenvalue weighted by atomic mass is 10.00. The highest BCUT2D eigenvalue weighted by Gasteiger charge is 2.18. The Morgan fingerprint density at radius 2 is 1.47 bits per heavy atom. The minimum absolute atomic E-state index is 0.354. The molecule has 19 heavy (non-hydrogen) atoms. The van der Waals surface area contributed by atoms with Gasteiger partial charge in [-0.3, -0.25) is 0 Å². The van der Waals surface area contributed by atoms with Crippen molar-refractivity contribution in [3.63, 3.8) is 0 Å². The van der Waals surface area contributed by atoms with E-state index < -0.39 is 0 Å². The van der Waals surface area contributed by atoms with E-state index in [9.17, 15) is 0 Å². The molecular formula is C15H12BrCl3. The fraction of sp³-hybridized carbons (Fsp3) is 0.200. The molecular weight excluding hydrogens is 366 g/mol. The highest BCUT2D eigenvalue weighted by molar-refractivity contribution is 9.10. The summed E-state index contributed by atoms with van der Waals surface area (Å²) in [6, 6.07) is 9.63. The molecule has 0 heterocycles. The van der Waals surface area contributed by atoms with Crippen LogP contribution in [-0.4, -0.2) is 0 Å². The fourth-order valence-electron chi connectivity index (χ4n) is 1.87. The van der Waals surface area contributed by atoms with Gasteiger partial charge in [0.15, 0.2) is 0 Å². The molecule has 0 aromatic heterocycles. The summed E-state index contributed by atoms with van der Waals surface area (Å²) >= 11 is 22.5. The smallest absolute Gasteiger partial charge is 0.0864 e. The van der Waals surface area contributed by atoms with Gasteiger partial charge < -0.3 is 0 Å². The monoisotopic (exact) mass is 376 g/mol. The molecule has 2 aromatic carbocycles. The van der Waals surface area contributed by atoms with Crippen molar-refractivity contribution >= 4 is 50.7 Å². The maximum atomic E-state index is 6.53. The van der Waals surface area contributed by atoms with E-state index in [0.29, 0.717) is 10.0 Å². The lowest BCUT2D eigenvalue weighted by Gasteiger charge is -2.16. The van der Waals surface area contributed by atoms with Gasteiger partial charge in [-0.2, -0.15) is 0 Å². The van der Waals surface area contributed by atoms with E-state index >= 15 is 0 Å². The Morgan fingerprint density at radius 1 is 0.895 bits per heavy atom. The number of aryl methyl sites for hydroxylation is 2. The highest BCUT2D eigenvalue weighted by Crippen LogP contribution is 2.38. The Kier molecular flexibility index (Phi) is 4.84. The van der Waals surface area contributed by atoms with Crippen LogP contribution in [0.4, 0.5) is 0 Å². The molecule has 0 spiro atoms. The number of halogens is 4. The van der Waals surface area contributed by atoms with E-state index in [-0.39, 0.29) is 5.38 Å². The molecule has 0 N–H and O–H groups in total. The Bertz CT molecular complexity index is 623. The second kappa shape index (κ2) is 6.05. The third-order valence-corrected chi connectivity index (χ3v) is 4.74. The SMILES string of the molecule is Cc1cc(Cl)c(C(Cl)c2ccc(Br)cc2Cl)cc1C. The predicted molar refractivity (Wildman–Crippen MR) is 87.8 cm³/mol. The highest BCUT2D eigenvalue weighted by atomic mass is 79.9. The number of rotatable bonds is 2. The van der Waals surface area contributed by atoms with Gasteiger partial charge in [0.2, 0.25) is 0 Å². The van der Waals surface area contributed by atoms with Crippen LogP contribution in [-0.2, 0) is 0 Å². The summed E-state index contributed by atoms with van der Waals surface area (Å²) in [6.45, 7) is 4.07. The van der Waals surface area contributed by atoms with Gasteiger partial charge in [-0.25, -0.2) is 0 Å². The molecule has 0 fully saturated rings. The molecule has 0 amide bonds. The van der Waals surface area contributed by atoms with Gasteiger partial charge in [0.05, 0.1) is 5.38 Å². The number of benzene rings is 2. The minimum atomic E-state index is -0.354. The second-order valence-corrected chi connectivity index (χ2v) is 6.65. The van der Waals surface area contributed by atoms with Gasteiger partial charge in [-0.15, -0.1) is 11.6 Å². The average Bonchev–Trinajstić information content (AvgIpc) is 2.33. The number of hydrogen-bond donors (Lipinski definition) is 0. The first kappa shape index (κ1) is 15.2. The molecule has 100 valence electrons. The molecule has 0 aliphatic rings. The zero-order valence-corrected chi connectivity index (χ0v) is 14.3. The van der Waals surface area contributed by atoms with Crippen LogP contribution in [0.5, 0.6) is 0 Å². The summed E-state index contributed by atoms with van der Waals surface area (Å²) in [7, 11) is 0. The number of hydrogen-bond acceptors (Lipinski definition) is 0. The summed E-state index contributed by atoms with van der Waals surface area (Å²) in [5.41, 5.74) is 4.06. The van der Waals surface area contributed by atoms with Crippen molar-refractivity contribution in [1.29, 1.82) is 0 Å². The van der Waals surface area contributed by atoms with Gasteiger partial charge >= 0.3 is 0 Å². The molecule has 1 atom stereocenters. The molecule has 0 bridgehead atoms. The van der Waals surface area contributed by atoms with Crippen molar-refractivity contribution in [2.45, 2.75) is 19.2 Å². The van der Waals surface area contributed by atoms with Crippen molar-refractivity contribution in [3.05, 3.63) is 67.1 Å². The Hall–Kier alpha value is -0.210. The third-order valence-electron chi connectivity index (χ3n) is 3.12. The van der Waals surface area contributed by atoms with Crippen LogP contribution >= 0.6 is 50.7 Å². The van der Waals surface area contributed by atoms with Crippen LogP contribution in [0.15, 0.2) is 34.8 Å². The minimum Gasteiger partial charge on any atom is -0.112 e. The van der Waals surface area contributed by atoms with Crippen LogP contribution in [0, 0.1) is 13.8 Å². The van der Waals surface area contributed by atoms with Crippen LogP contribution in [0.25, 0.3) is 0 Å². The van der Waals surface area contributed by atoms with E-state index in [1.807, 2.05) is 44.2 Å². The Morgan fingerprint density at radius 3 is 2.11 bits per heavy atom. The maximum absolute atomic E-state index is 6.53. The topological polar surface area (TPSA) is 0 Å². The van der Waals surface area contributed by atoms with Gasteiger partial charge in [0.25, 0.3) is 0 Å². The summed E-state index contributed by atoms with van der Waals surface area (Å²) in [4.78, 5) is 0. The van der Waals surface area contributed by atoms with Crippen LogP contribution in [0.3, 0.4) is 0 Å². The predicted octanol–water partition coefficient (Wildman–Crippen LogP) is 6.70. The van der Waals surface area contributed by atoms with Crippen LogP contribution in [0.1, 0.15) is 27.6 Å². The molecule has 0 aliphatic carbocycles.